The number of nitrogens with two attached hydrogens (primary N) is 1. The van der Waals surface area contributed by atoms with Gasteiger partial charge in [0.1, 0.15) is 10.1 Å². The SMILES string of the molecule is C[C@H](N)c1ccnc(Sc2ncccc2Cl)c1. The van der Waals surface area contributed by atoms with Crippen molar-refractivity contribution in [2.75, 3.05) is 0 Å². The van der Waals surface area contributed by atoms with E-state index in [-0.39, 0.29) is 6.04 Å². The van der Waals surface area contributed by atoms with E-state index in [1.54, 1.807) is 18.5 Å². The van der Waals surface area contributed by atoms with Crippen molar-refractivity contribution in [3.8, 4) is 0 Å². The summed E-state index contributed by atoms with van der Waals surface area (Å²) in [6.07, 6.45) is 3.46. The highest BCUT2D eigenvalue weighted by molar-refractivity contribution is 7.99. The van der Waals surface area contributed by atoms with Gasteiger partial charge in [0.25, 0.3) is 0 Å². The highest BCUT2D eigenvalue weighted by Crippen LogP contribution is 2.30. The van der Waals surface area contributed by atoms with Crippen molar-refractivity contribution >= 4 is 23.4 Å². The van der Waals surface area contributed by atoms with Gasteiger partial charge in [-0.3, -0.25) is 0 Å². The third-order valence-electron chi connectivity index (χ3n) is 2.21. The standard InChI is InChI=1S/C12H12ClN3S/c1-8(14)9-4-6-15-11(7-9)17-12-10(13)3-2-5-16-12/h2-8H,14H2,1H3/t8-/m0/s1. The average Bonchev–Trinajstić information content (AvgIpc) is 2.32. The minimum Gasteiger partial charge on any atom is -0.324 e. The molecule has 2 aromatic heterocycles. The predicted molar refractivity (Wildman–Crippen MR) is 70.2 cm³/mol. The number of halogens is 1. The van der Waals surface area contributed by atoms with E-state index >= 15 is 0 Å². The summed E-state index contributed by atoms with van der Waals surface area (Å²) in [6, 6.07) is 7.48. The molecule has 3 nitrogen and oxygen atoms in total. The van der Waals surface area contributed by atoms with E-state index in [0.29, 0.717) is 5.02 Å². The third-order valence-corrected chi connectivity index (χ3v) is 3.58. The van der Waals surface area contributed by atoms with Crippen LogP contribution in [-0.2, 0) is 0 Å². The van der Waals surface area contributed by atoms with Gasteiger partial charge in [0.05, 0.1) is 5.02 Å². The van der Waals surface area contributed by atoms with E-state index in [2.05, 4.69) is 9.97 Å². The Balaban J connectivity index is 2.25. The maximum absolute atomic E-state index is 6.04. The van der Waals surface area contributed by atoms with Crippen molar-refractivity contribution in [1.29, 1.82) is 0 Å². The molecule has 0 spiro atoms. The van der Waals surface area contributed by atoms with Crippen LogP contribution in [0, 0.1) is 0 Å². The van der Waals surface area contributed by atoms with Gasteiger partial charge in [0.2, 0.25) is 0 Å². The normalized spacial score (nSPS) is 12.4. The summed E-state index contributed by atoms with van der Waals surface area (Å²) in [5.41, 5.74) is 6.88. The van der Waals surface area contributed by atoms with E-state index in [1.807, 2.05) is 25.1 Å². The van der Waals surface area contributed by atoms with Crippen molar-refractivity contribution in [2.24, 2.45) is 5.73 Å². The molecule has 0 saturated carbocycles. The van der Waals surface area contributed by atoms with Crippen LogP contribution in [0.15, 0.2) is 46.7 Å². The Kier molecular flexibility index (Phi) is 3.99. The van der Waals surface area contributed by atoms with Gasteiger partial charge in [-0.2, -0.15) is 0 Å². The lowest BCUT2D eigenvalue weighted by molar-refractivity contribution is 0.808. The Labute approximate surface area is 109 Å². The molecular formula is C12H12ClN3S. The van der Waals surface area contributed by atoms with E-state index < -0.39 is 0 Å². The molecule has 1 atom stereocenters. The molecule has 0 unspecified atom stereocenters. The summed E-state index contributed by atoms with van der Waals surface area (Å²) in [4.78, 5) is 8.47. The summed E-state index contributed by atoms with van der Waals surface area (Å²) in [5, 5.41) is 2.23. The number of nitrogens with zero attached hydrogens (tertiary/aromatic N) is 2. The Bertz CT molecular complexity index is 517. The molecule has 5 heteroatoms. The van der Waals surface area contributed by atoms with Gasteiger partial charge in [-0.25, -0.2) is 9.97 Å². The van der Waals surface area contributed by atoms with Crippen LogP contribution < -0.4 is 5.73 Å². The second kappa shape index (κ2) is 5.49. The molecule has 0 aromatic carbocycles. The summed E-state index contributed by atoms with van der Waals surface area (Å²) >= 11 is 7.48. The summed E-state index contributed by atoms with van der Waals surface area (Å²) in [6.45, 7) is 1.94. The van der Waals surface area contributed by atoms with Crippen LogP contribution >= 0.6 is 23.4 Å². The zero-order chi connectivity index (χ0) is 12.3. The summed E-state index contributed by atoms with van der Waals surface area (Å²) < 4.78 is 0. The van der Waals surface area contributed by atoms with Crippen molar-refractivity contribution in [3.05, 3.63) is 47.2 Å². The molecule has 88 valence electrons. The fourth-order valence-corrected chi connectivity index (χ4v) is 2.33. The maximum Gasteiger partial charge on any atom is 0.121 e. The first-order valence-corrected chi connectivity index (χ1v) is 6.36. The molecule has 17 heavy (non-hydrogen) atoms. The first kappa shape index (κ1) is 12.4. The van der Waals surface area contributed by atoms with E-state index in [4.69, 9.17) is 17.3 Å². The van der Waals surface area contributed by atoms with Crippen LogP contribution in [0.4, 0.5) is 0 Å². The number of rotatable bonds is 3. The molecule has 0 aliphatic carbocycles. The van der Waals surface area contributed by atoms with Gasteiger partial charge in [-0.1, -0.05) is 11.6 Å². The van der Waals surface area contributed by atoms with Gasteiger partial charge in [-0.05, 0) is 48.5 Å². The minimum atomic E-state index is -0.00319. The van der Waals surface area contributed by atoms with Gasteiger partial charge in [0, 0.05) is 18.4 Å². The predicted octanol–water partition coefficient (Wildman–Crippen LogP) is 3.30. The molecule has 0 radical (unpaired) electrons. The second-order valence-electron chi connectivity index (χ2n) is 3.61. The van der Waals surface area contributed by atoms with Crippen LogP contribution in [-0.4, -0.2) is 9.97 Å². The van der Waals surface area contributed by atoms with Crippen molar-refractivity contribution in [1.82, 2.24) is 9.97 Å². The lowest BCUT2D eigenvalue weighted by atomic mass is 10.1. The van der Waals surface area contributed by atoms with Crippen LogP contribution in [0.1, 0.15) is 18.5 Å². The molecule has 2 heterocycles. The first-order valence-electron chi connectivity index (χ1n) is 5.16. The number of hydrogen-bond acceptors (Lipinski definition) is 4. The summed E-state index contributed by atoms with van der Waals surface area (Å²) in [5.74, 6) is 0. The minimum absolute atomic E-state index is 0.00319. The molecular weight excluding hydrogens is 254 g/mol. The maximum atomic E-state index is 6.04. The molecule has 0 fully saturated rings. The smallest absolute Gasteiger partial charge is 0.121 e. The molecule has 0 saturated heterocycles. The highest BCUT2D eigenvalue weighted by Gasteiger charge is 2.06. The van der Waals surface area contributed by atoms with Crippen molar-refractivity contribution in [3.63, 3.8) is 0 Å². The molecule has 2 rings (SSSR count). The monoisotopic (exact) mass is 265 g/mol. The number of hydrogen-bond donors (Lipinski definition) is 1. The van der Waals surface area contributed by atoms with E-state index in [0.717, 1.165) is 15.6 Å². The zero-order valence-corrected chi connectivity index (χ0v) is 10.9. The van der Waals surface area contributed by atoms with Crippen molar-refractivity contribution < 1.29 is 0 Å². The highest BCUT2D eigenvalue weighted by atomic mass is 35.5. The molecule has 0 aliphatic rings. The molecule has 2 aromatic rings. The lowest BCUT2D eigenvalue weighted by Gasteiger charge is -2.07. The topological polar surface area (TPSA) is 51.8 Å². The zero-order valence-electron chi connectivity index (χ0n) is 9.30. The van der Waals surface area contributed by atoms with Crippen LogP contribution in [0.25, 0.3) is 0 Å². The van der Waals surface area contributed by atoms with Crippen LogP contribution in [0.2, 0.25) is 5.02 Å². The fraction of sp³-hybridized carbons (Fsp3) is 0.167. The third kappa shape index (κ3) is 3.19. The lowest BCUT2D eigenvalue weighted by Crippen LogP contribution is -2.04. The van der Waals surface area contributed by atoms with Crippen molar-refractivity contribution in [2.45, 2.75) is 23.0 Å². The largest absolute Gasteiger partial charge is 0.324 e. The van der Waals surface area contributed by atoms with Gasteiger partial charge < -0.3 is 5.73 Å². The van der Waals surface area contributed by atoms with Crippen LogP contribution in [0.5, 0.6) is 0 Å². The summed E-state index contributed by atoms with van der Waals surface area (Å²) in [7, 11) is 0. The van der Waals surface area contributed by atoms with E-state index in [9.17, 15) is 0 Å². The number of aromatic nitrogens is 2. The average molecular weight is 266 g/mol. The molecule has 2 N–H and O–H groups in total. The first-order chi connectivity index (χ1) is 8.16. The Morgan fingerprint density at radius 2 is 2.12 bits per heavy atom. The van der Waals surface area contributed by atoms with Gasteiger partial charge in [0.15, 0.2) is 0 Å². The van der Waals surface area contributed by atoms with E-state index in [1.165, 1.54) is 11.8 Å². The number of pyridine rings is 2. The van der Waals surface area contributed by atoms with Gasteiger partial charge in [-0.15, -0.1) is 0 Å². The quantitative estimate of drug-likeness (QED) is 0.925. The fourth-order valence-electron chi connectivity index (χ4n) is 1.31. The second-order valence-corrected chi connectivity index (χ2v) is 5.02. The molecule has 0 aliphatic heterocycles. The van der Waals surface area contributed by atoms with Gasteiger partial charge >= 0.3 is 0 Å². The Hall–Kier alpha value is -1.10. The van der Waals surface area contributed by atoms with Crippen LogP contribution in [0.3, 0.4) is 0 Å². The Morgan fingerprint density at radius 3 is 2.82 bits per heavy atom. The molecule has 0 amide bonds. The Morgan fingerprint density at radius 1 is 1.29 bits per heavy atom. The molecule has 0 bridgehead atoms.